The molecule has 1 aliphatic rings. The summed E-state index contributed by atoms with van der Waals surface area (Å²) in [6.45, 7) is 5.80. The van der Waals surface area contributed by atoms with Crippen molar-refractivity contribution < 1.29 is 14.1 Å². The van der Waals surface area contributed by atoms with Gasteiger partial charge in [0, 0.05) is 23.8 Å². The summed E-state index contributed by atoms with van der Waals surface area (Å²) >= 11 is 1.25. The smallest absolute Gasteiger partial charge is 0.269 e. The summed E-state index contributed by atoms with van der Waals surface area (Å²) in [6, 6.07) is 14.1. The van der Waals surface area contributed by atoms with Gasteiger partial charge in [-0.2, -0.15) is 0 Å². The van der Waals surface area contributed by atoms with Gasteiger partial charge in [-0.3, -0.25) is 14.9 Å². The van der Waals surface area contributed by atoms with Gasteiger partial charge in [0.05, 0.1) is 15.5 Å². The Hall–Kier alpha value is -3.65. The Morgan fingerprint density at radius 2 is 1.81 bits per heavy atom. The molecular weight excluding hydrogens is 414 g/mol. The second-order valence-electron chi connectivity index (χ2n) is 7.29. The van der Waals surface area contributed by atoms with Crippen molar-refractivity contribution in [3.8, 4) is 11.3 Å². The molecule has 1 fully saturated rings. The number of hydrogen-bond acceptors (Lipinski definition) is 6. The number of rotatable bonds is 4. The Balaban J connectivity index is 1.56. The van der Waals surface area contributed by atoms with Crippen LogP contribution in [-0.4, -0.2) is 16.0 Å². The average Bonchev–Trinajstić information content (AvgIpc) is 3.27. The van der Waals surface area contributed by atoms with E-state index in [1.165, 1.54) is 23.9 Å². The number of amidine groups is 1. The quantitative estimate of drug-likeness (QED) is 0.325. The van der Waals surface area contributed by atoms with Crippen molar-refractivity contribution in [2.24, 2.45) is 4.99 Å². The Labute approximate surface area is 183 Å². The maximum atomic E-state index is 12.4. The lowest BCUT2D eigenvalue weighted by Crippen LogP contribution is -2.19. The van der Waals surface area contributed by atoms with Crippen molar-refractivity contribution in [1.29, 1.82) is 0 Å². The summed E-state index contributed by atoms with van der Waals surface area (Å²) in [5, 5.41) is 14.2. The molecule has 1 amide bonds. The second-order valence-corrected chi connectivity index (χ2v) is 8.32. The Morgan fingerprint density at radius 3 is 2.48 bits per heavy atom. The van der Waals surface area contributed by atoms with Crippen molar-refractivity contribution in [1.82, 2.24) is 5.32 Å². The van der Waals surface area contributed by atoms with Gasteiger partial charge in [0.2, 0.25) is 0 Å². The number of carbonyl (C=O) groups is 1. The van der Waals surface area contributed by atoms with Gasteiger partial charge in [-0.25, -0.2) is 4.99 Å². The summed E-state index contributed by atoms with van der Waals surface area (Å²) < 4.78 is 5.87. The molecule has 1 saturated heterocycles. The zero-order valence-corrected chi connectivity index (χ0v) is 17.9. The fourth-order valence-electron chi connectivity index (χ4n) is 3.36. The molecule has 2 heterocycles. The number of nitro benzene ring substituents is 1. The van der Waals surface area contributed by atoms with E-state index in [1.54, 1.807) is 31.2 Å². The van der Waals surface area contributed by atoms with Crippen LogP contribution in [0.15, 0.2) is 62.8 Å². The normalized spacial score (nSPS) is 16.2. The highest BCUT2D eigenvalue weighted by Gasteiger charge is 2.24. The third-order valence-electron chi connectivity index (χ3n) is 4.67. The first-order chi connectivity index (χ1) is 14.8. The average molecular weight is 433 g/mol. The molecule has 2 aromatic carbocycles. The zero-order valence-electron chi connectivity index (χ0n) is 17.1. The van der Waals surface area contributed by atoms with Gasteiger partial charge >= 0.3 is 0 Å². The van der Waals surface area contributed by atoms with Gasteiger partial charge in [0.1, 0.15) is 11.5 Å². The molecular formula is C23H19N3O4S. The van der Waals surface area contributed by atoms with E-state index in [0.29, 0.717) is 21.6 Å². The maximum absolute atomic E-state index is 12.4. The van der Waals surface area contributed by atoms with E-state index in [0.717, 1.165) is 27.9 Å². The molecule has 0 radical (unpaired) electrons. The molecule has 0 unspecified atom stereocenters. The molecule has 1 aliphatic heterocycles. The van der Waals surface area contributed by atoms with E-state index in [2.05, 4.69) is 16.4 Å². The number of furan rings is 1. The summed E-state index contributed by atoms with van der Waals surface area (Å²) in [7, 11) is 0. The lowest BCUT2D eigenvalue weighted by atomic mass is 10.1. The lowest BCUT2D eigenvalue weighted by molar-refractivity contribution is -0.384. The van der Waals surface area contributed by atoms with Gasteiger partial charge < -0.3 is 9.73 Å². The van der Waals surface area contributed by atoms with Crippen molar-refractivity contribution >= 4 is 40.3 Å². The maximum Gasteiger partial charge on any atom is 0.269 e. The van der Waals surface area contributed by atoms with Crippen LogP contribution in [0.1, 0.15) is 22.5 Å². The SMILES string of the molecule is Cc1cc(C)cc(N=C2NC(=O)C(=Cc3ccc(-c4ccc([N+](=O)[O-])cc4C)o3)S2)c1. The van der Waals surface area contributed by atoms with Crippen LogP contribution in [0.3, 0.4) is 0 Å². The molecule has 4 rings (SSSR count). The molecule has 1 N–H and O–H groups in total. The molecule has 3 aromatic rings. The number of hydrogen-bond donors (Lipinski definition) is 1. The molecule has 0 atom stereocenters. The molecule has 156 valence electrons. The van der Waals surface area contributed by atoms with Gasteiger partial charge in [0.25, 0.3) is 11.6 Å². The lowest BCUT2D eigenvalue weighted by Gasteiger charge is -2.02. The van der Waals surface area contributed by atoms with E-state index >= 15 is 0 Å². The third-order valence-corrected chi connectivity index (χ3v) is 5.58. The molecule has 8 heteroatoms. The topological polar surface area (TPSA) is 97.7 Å². The molecule has 7 nitrogen and oxygen atoms in total. The van der Waals surface area contributed by atoms with E-state index in [9.17, 15) is 14.9 Å². The molecule has 31 heavy (non-hydrogen) atoms. The number of aliphatic imine (C=N–C) groups is 1. The standard InChI is InChI=1S/C23H19N3O4S/c1-13-8-14(2)10-16(9-13)24-23-25-22(27)21(31-23)12-18-5-7-20(30-18)19-6-4-17(26(28)29)11-15(19)3/h4-12H,1-3H3,(H,24,25,27). The number of aryl methyl sites for hydroxylation is 3. The molecule has 0 saturated carbocycles. The molecule has 0 bridgehead atoms. The first kappa shape index (κ1) is 20.6. The monoisotopic (exact) mass is 433 g/mol. The van der Waals surface area contributed by atoms with E-state index in [-0.39, 0.29) is 11.6 Å². The van der Waals surface area contributed by atoms with Crippen LogP contribution in [0.25, 0.3) is 17.4 Å². The van der Waals surface area contributed by atoms with E-state index < -0.39 is 4.92 Å². The molecule has 1 aromatic heterocycles. The number of nitrogens with one attached hydrogen (secondary N) is 1. The summed E-state index contributed by atoms with van der Waals surface area (Å²) in [6.07, 6.45) is 1.66. The number of thioether (sulfide) groups is 1. The summed E-state index contributed by atoms with van der Waals surface area (Å²) in [5.41, 5.74) is 4.53. The Morgan fingerprint density at radius 1 is 1.06 bits per heavy atom. The van der Waals surface area contributed by atoms with Crippen LogP contribution >= 0.6 is 11.8 Å². The highest BCUT2D eigenvalue weighted by Crippen LogP contribution is 2.32. The van der Waals surface area contributed by atoms with Crippen LogP contribution < -0.4 is 5.32 Å². The predicted octanol–water partition coefficient (Wildman–Crippen LogP) is 5.67. The minimum Gasteiger partial charge on any atom is -0.457 e. The highest BCUT2D eigenvalue weighted by molar-refractivity contribution is 8.18. The number of benzene rings is 2. The zero-order chi connectivity index (χ0) is 22.1. The van der Waals surface area contributed by atoms with E-state index in [1.807, 2.05) is 26.0 Å². The fraction of sp³-hybridized carbons (Fsp3) is 0.130. The van der Waals surface area contributed by atoms with Gasteiger partial charge in [-0.15, -0.1) is 0 Å². The number of amides is 1. The highest BCUT2D eigenvalue weighted by atomic mass is 32.2. The van der Waals surface area contributed by atoms with Crippen molar-refractivity contribution in [2.45, 2.75) is 20.8 Å². The Bertz CT molecular complexity index is 1250. The number of nitrogens with zero attached hydrogens (tertiary/aromatic N) is 2. The van der Waals surface area contributed by atoms with Crippen molar-refractivity contribution in [3.05, 3.63) is 86.0 Å². The third kappa shape index (κ3) is 4.59. The van der Waals surface area contributed by atoms with Crippen LogP contribution in [0.5, 0.6) is 0 Å². The van der Waals surface area contributed by atoms with Crippen molar-refractivity contribution in [3.63, 3.8) is 0 Å². The van der Waals surface area contributed by atoms with E-state index in [4.69, 9.17) is 4.42 Å². The number of nitro groups is 1. The predicted molar refractivity (Wildman–Crippen MR) is 122 cm³/mol. The van der Waals surface area contributed by atoms with Crippen LogP contribution in [-0.2, 0) is 4.79 Å². The number of carbonyl (C=O) groups excluding carboxylic acids is 1. The summed E-state index contributed by atoms with van der Waals surface area (Å²) in [5.74, 6) is 0.849. The van der Waals surface area contributed by atoms with Crippen molar-refractivity contribution in [2.75, 3.05) is 0 Å². The van der Waals surface area contributed by atoms with Gasteiger partial charge in [0.15, 0.2) is 5.17 Å². The largest absolute Gasteiger partial charge is 0.457 e. The van der Waals surface area contributed by atoms with Crippen LogP contribution in [0.4, 0.5) is 11.4 Å². The number of non-ortho nitro benzene ring substituents is 1. The fourth-order valence-corrected chi connectivity index (χ4v) is 4.18. The first-order valence-corrected chi connectivity index (χ1v) is 10.3. The minimum absolute atomic E-state index is 0.0322. The van der Waals surface area contributed by atoms with Crippen LogP contribution in [0.2, 0.25) is 0 Å². The van der Waals surface area contributed by atoms with Gasteiger partial charge in [-0.05, 0) is 79.6 Å². The second kappa shape index (κ2) is 8.23. The van der Waals surface area contributed by atoms with Gasteiger partial charge in [-0.1, -0.05) is 6.07 Å². The molecule has 0 aliphatic carbocycles. The Kier molecular flexibility index (Phi) is 5.48. The van der Waals surface area contributed by atoms with Crippen LogP contribution in [0, 0.1) is 30.9 Å². The summed E-state index contributed by atoms with van der Waals surface area (Å²) in [4.78, 5) is 27.9. The first-order valence-electron chi connectivity index (χ1n) is 9.51. The minimum atomic E-state index is -0.429. The molecule has 0 spiro atoms.